The summed E-state index contributed by atoms with van der Waals surface area (Å²) >= 11 is 7.71. The van der Waals surface area contributed by atoms with Gasteiger partial charge in [-0.3, -0.25) is 0 Å². The lowest BCUT2D eigenvalue weighted by Crippen LogP contribution is -2.22. The second-order valence-corrected chi connectivity index (χ2v) is 5.86. The van der Waals surface area contributed by atoms with E-state index in [9.17, 15) is 4.39 Å². The van der Waals surface area contributed by atoms with E-state index < -0.39 is 0 Å². The van der Waals surface area contributed by atoms with Gasteiger partial charge in [-0.05, 0) is 49.0 Å². The average Bonchev–Trinajstić information content (AvgIpc) is 2.91. The van der Waals surface area contributed by atoms with E-state index in [-0.39, 0.29) is 11.9 Å². The van der Waals surface area contributed by atoms with Crippen molar-refractivity contribution in [3.05, 3.63) is 57.0 Å². The van der Waals surface area contributed by atoms with Crippen LogP contribution >= 0.6 is 22.9 Å². The van der Waals surface area contributed by atoms with Gasteiger partial charge in [0.25, 0.3) is 0 Å². The summed E-state index contributed by atoms with van der Waals surface area (Å²) in [6.07, 6.45) is 1.81. The zero-order valence-electron chi connectivity index (χ0n) is 10.8. The summed E-state index contributed by atoms with van der Waals surface area (Å²) in [5, 5.41) is 5.98. The monoisotopic (exact) mass is 297 g/mol. The molecule has 0 aliphatic rings. The van der Waals surface area contributed by atoms with Crippen LogP contribution in [0.5, 0.6) is 0 Å². The van der Waals surface area contributed by atoms with Crippen LogP contribution in [0.25, 0.3) is 0 Å². The molecule has 0 saturated heterocycles. The fourth-order valence-corrected chi connectivity index (χ4v) is 3.04. The van der Waals surface area contributed by atoms with Gasteiger partial charge in [0.1, 0.15) is 5.82 Å². The Bertz CT molecular complexity index is 513. The minimum Gasteiger partial charge on any atom is -0.310 e. The Balaban J connectivity index is 2.12. The van der Waals surface area contributed by atoms with Gasteiger partial charge in [-0.1, -0.05) is 24.6 Å². The van der Waals surface area contributed by atoms with E-state index in [0.717, 1.165) is 19.4 Å². The first kappa shape index (κ1) is 14.5. The van der Waals surface area contributed by atoms with Crippen molar-refractivity contribution in [2.45, 2.75) is 25.8 Å². The summed E-state index contributed by atoms with van der Waals surface area (Å²) in [5.41, 5.74) is 0.658. The molecule has 2 aromatic rings. The van der Waals surface area contributed by atoms with Crippen molar-refractivity contribution in [1.29, 1.82) is 0 Å². The fraction of sp³-hybridized carbons (Fsp3) is 0.333. The van der Waals surface area contributed by atoms with Crippen LogP contribution in [0.3, 0.4) is 0 Å². The van der Waals surface area contributed by atoms with Gasteiger partial charge in [-0.25, -0.2) is 4.39 Å². The molecule has 0 saturated carbocycles. The zero-order valence-corrected chi connectivity index (χ0v) is 12.4. The van der Waals surface area contributed by atoms with Crippen molar-refractivity contribution in [2.75, 3.05) is 6.54 Å². The third kappa shape index (κ3) is 4.03. The van der Waals surface area contributed by atoms with Crippen LogP contribution in [0.15, 0.2) is 35.7 Å². The van der Waals surface area contributed by atoms with Crippen molar-refractivity contribution in [2.24, 2.45) is 0 Å². The molecular formula is C15H17ClFNS. The van der Waals surface area contributed by atoms with Gasteiger partial charge in [-0.15, -0.1) is 11.3 Å². The number of thiophene rings is 1. The molecule has 0 radical (unpaired) electrons. The Labute approximate surface area is 122 Å². The van der Waals surface area contributed by atoms with E-state index in [2.05, 4.69) is 16.8 Å². The zero-order chi connectivity index (χ0) is 13.7. The molecule has 1 aromatic heterocycles. The van der Waals surface area contributed by atoms with E-state index in [4.69, 9.17) is 11.6 Å². The van der Waals surface area contributed by atoms with Gasteiger partial charge >= 0.3 is 0 Å². The van der Waals surface area contributed by atoms with E-state index in [1.807, 2.05) is 13.0 Å². The number of nitrogens with one attached hydrogen (secondary N) is 1. The maximum Gasteiger partial charge on any atom is 0.128 e. The number of halogens is 2. The maximum atomic E-state index is 13.9. The largest absolute Gasteiger partial charge is 0.310 e. The Morgan fingerprint density at radius 3 is 2.89 bits per heavy atom. The number of rotatable bonds is 6. The number of benzene rings is 1. The lowest BCUT2D eigenvalue weighted by molar-refractivity contribution is 0.486. The SMILES string of the molecule is CCNC(CCc1cccs1)c1cc(Cl)ccc1F. The molecule has 4 heteroatoms. The predicted molar refractivity (Wildman–Crippen MR) is 80.5 cm³/mol. The molecule has 0 spiro atoms. The Hall–Kier alpha value is -0.900. The highest BCUT2D eigenvalue weighted by Gasteiger charge is 2.15. The smallest absolute Gasteiger partial charge is 0.128 e. The molecule has 0 bridgehead atoms. The first-order valence-corrected chi connectivity index (χ1v) is 7.67. The Kier molecular flexibility index (Phi) is 5.37. The highest BCUT2D eigenvalue weighted by molar-refractivity contribution is 7.09. The van der Waals surface area contributed by atoms with Crippen molar-refractivity contribution in [1.82, 2.24) is 5.32 Å². The van der Waals surface area contributed by atoms with Crippen LogP contribution < -0.4 is 5.32 Å². The van der Waals surface area contributed by atoms with E-state index in [1.165, 1.54) is 10.9 Å². The van der Waals surface area contributed by atoms with Crippen LogP contribution in [0.4, 0.5) is 4.39 Å². The number of hydrogen-bond acceptors (Lipinski definition) is 2. The van der Waals surface area contributed by atoms with Crippen LogP contribution in [-0.4, -0.2) is 6.54 Å². The molecule has 102 valence electrons. The van der Waals surface area contributed by atoms with E-state index in [1.54, 1.807) is 23.5 Å². The lowest BCUT2D eigenvalue weighted by atomic mass is 10.0. The summed E-state index contributed by atoms with van der Waals surface area (Å²) in [6, 6.07) is 8.91. The molecule has 1 nitrogen and oxygen atoms in total. The summed E-state index contributed by atoms with van der Waals surface area (Å²) in [6.45, 7) is 2.83. The molecule has 1 heterocycles. The quantitative estimate of drug-likeness (QED) is 0.806. The number of hydrogen-bond donors (Lipinski definition) is 1. The van der Waals surface area contributed by atoms with Crippen molar-refractivity contribution < 1.29 is 4.39 Å². The van der Waals surface area contributed by atoms with Crippen molar-refractivity contribution in [3.63, 3.8) is 0 Å². The minimum absolute atomic E-state index is 0.00537. The van der Waals surface area contributed by atoms with Gasteiger partial charge in [0.2, 0.25) is 0 Å². The van der Waals surface area contributed by atoms with Gasteiger partial charge in [0.15, 0.2) is 0 Å². The van der Waals surface area contributed by atoms with Gasteiger partial charge in [0.05, 0.1) is 0 Å². The molecule has 1 aromatic carbocycles. The minimum atomic E-state index is -0.193. The molecule has 2 rings (SSSR count). The van der Waals surface area contributed by atoms with E-state index in [0.29, 0.717) is 10.6 Å². The highest BCUT2D eigenvalue weighted by atomic mass is 35.5. The molecule has 0 fully saturated rings. The van der Waals surface area contributed by atoms with Gasteiger partial charge < -0.3 is 5.32 Å². The molecule has 0 aliphatic heterocycles. The first-order chi connectivity index (χ1) is 9.20. The maximum absolute atomic E-state index is 13.9. The Morgan fingerprint density at radius 1 is 1.37 bits per heavy atom. The lowest BCUT2D eigenvalue weighted by Gasteiger charge is -2.19. The van der Waals surface area contributed by atoms with Gasteiger partial charge in [-0.2, -0.15) is 0 Å². The standard InChI is InChI=1S/C15H17ClFNS/c1-2-18-15(8-6-12-4-3-9-19-12)13-10-11(16)5-7-14(13)17/h3-5,7,9-10,15,18H,2,6,8H2,1H3. The molecule has 19 heavy (non-hydrogen) atoms. The summed E-state index contributed by atoms with van der Waals surface area (Å²) in [7, 11) is 0. The average molecular weight is 298 g/mol. The summed E-state index contributed by atoms with van der Waals surface area (Å²) in [5.74, 6) is -0.193. The van der Waals surface area contributed by atoms with Crippen molar-refractivity contribution >= 4 is 22.9 Å². The molecule has 0 aliphatic carbocycles. The third-order valence-corrected chi connectivity index (χ3v) is 4.21. The normalized spacial score (nSPS) is 12.6. The molecular weight excluding hydrogens is 281 g/mol. The third-order valence-electron chi connectivity index (χ3n) is 3.04. The fourth-order valence-electron chi connectivity index (χ4n) is 2.14. The second-order valence-electron chi connectivity index (χ2n) is 4.39. The van der Waals surface area contributed by atoms with Crippen LogP contribution in [-0.2, 0) is 6.42 Å². The van der Waals surface area contributed by atoms with Crippen LogP contribution in [0, 0.1) is 5.82 Å². The summed E-state index contributed by atoms with van der Waals surface area (Å²) < 4.78 is 13.9. The topological polar surface area (TPSA) is 12.0 Å². The summed E-state index contributed by atoms with van der Waals surface area (Å²) in [4.78, 5) is 1.32. The molecule has 1 N–H and O–H groups in total. The van der Waals surface area contributed by atoms with E-state index >= 15 is 0 Å². The Morgan fingerprint density at radius 2 is 2.21 bits per heavy atom. The predicted octanol–water partition coefficient (Wildman–Crippen LogP) is 4.82. The molecule has 0 amide bonds. The number of aryl methyl sites for hydroxylation is 1. The highest BCUT2D eigenvalue weighted by Crippen LogP contribution is 2.26. The van der Waals surface area contributed by atoms with Gasteiger partial charge in [0, 0.05) is 21.5 Å². The first-order valence-electron chi connectivity index (χ1n) is 6.41. The van der Waals surface area contributed by atoms with Crippen molar-refractivity contribution in [3.8, 4) is 0 Å². The molecule has 1 atom stereocenters. The van der Waals surface area contributed by atoms with Crippen LogP contribution in [0.2, 0.25) is 5.02 Å². The van der Waals surface area contributed by atoms with Crippen LogP contribution in [0.1, 0.15) is 29.8 Å². The second kappa shape index (κ2) is 7.04. The molecule has 1 unspecified atom stereocenters.